The average molecular weight is 411 g/mol. The van der Waals surface area contributed by atoms with Gasteiger partial charge in [0.25, 0.3) is 0 Å². The Morgan fingerprint density at radius 2 is 1.37 bits per heavy atom. The van der Waals surface area contributed by atoms with Gasteiger partial charge in [-0.1, -0.05) is 37.3 Å². The maximum absolute atomic E-state index is 12.9. The highest BCUT2D eigenvalue weighted by Gasteiger charge is 2.38. The normalized spacial score (nSPS) is 14.2. The van der Waals surface area contributed by atoms with E-state index in [-0.39, 0.29) is 24.6 Å². The van der Waals surface area contributed by atoms with Crippen molar-refractivity contribution in [3.8, 4) is 0 Å². The molecule has 0 spiro atoms. The summed E-state index contributed by atoms with van der Waals surface area (Å²) in [6, 6.07) is 7.62. The fourth-order valence-electron chi connectivity index (χ4n) is 2.41. The Bertz CT molecular complexity index is 860. The van der Waals surface area contributed by atoms with E-state index in [2.05, 4.69) is 4.72 Å². The van der Waals surface area contributed by atoms with Crippen LogP contribution in [0.5, 0.6) is 0 Å². The summed E-state index contributed by atoms with van der Waals surface area (Å²) in [6.45, 7) is 1.63. The van der Waals surface area contributed by atoms with Crippen molar-refractivity contribution < 1.29 is 34.8 Å². The lowest BCUT2D eigenvalue weighted by Crippen LogP contribution is -2.29. The third-order valence-electron chi connectivity index (χ3n) is 3.78. The number of alkyl halides is 6. The lowest BCUT2D eigenvalue weighted by molar-refractivity contribution is -0.143. The summed E-state index contributed by atoms with van der Waals surface area (Å²) < 4.78 is 105. The van der Waals surface area contributed by atoms with Gasteiger partial charge in [-0.3, -0.25) is 0 Å². The van der Waals surface area contributed by atoms with E-state index in [1.54, 1.807) is 37.3 Å². The van der Waals surface area contributed by atoms with Crippen LogP contribution in [0, 0.1) is 0 Å². The molecule has 0 aliphatic rings. The van der Waals surface area contributed by atoms with E-state index in [4.69, 9.17) is 0 Å². The number of sulfonamides is 1. The Morgan fingerprint density at radius 3 is 1.78 bits per heavy atom. The zero-order valence-corrected chi connectivity index (χ0v) is 14.7. The fraction of sp³-hybridized carbons (Fsp3) is 0.294. The lowest BCUT2D eigenvalue weighted by Gasteiger charge is -2.19. The molecule has 0 aliphatic heterocycles. The van der Waals surface area contributed by atoms with Gasteiger partial charge in [0.2, 0.25) is 10.0 Å². The summed E-state index contributed by atoms with van der Waals surface area (Å²) in [5.74, 6) is 0. The van der Waals surface area contributed by atoms with Gasteiger partial charge in [-0.25, -0.2) is 13.1 Å². The molecule has 0 amide bonds. The largest absolute Gasteiger partial charge is 0.416 e. The SMILES string of the molecule is CCC(NS(=O)(=O)c1cc(C(F)(F)F)cc(C(F)(F)F)c1)c1ccccc1. The summed E-state index contributed by atoms with van der Waals surface area (Å²) in [7, 11) is -4.64. The molecule has 2 aromatic carbocycles. The number of rotatable bonds is 5. The highest BCUT2D eigenvalue weighted by Crippen LogP contribution is 2.37. The van der Waals surface area contributed by atoms with Crippen molar-refractivity contribution in [2.75, 3.05) is 0 Å². The number of nitrogens with one attached hydrogen (secondary N) is 1. The highest BCUT2D eigenvalue weighted by atomic mass is 32.2. The van der Waals surface area contributed by atoms with Crippen LogP contribution in [-0.2, 0) is 22.4 Å². The number of benzene rings is 2. The van der Waals surface area contributed by atoms with Crippen molar-refractivity contribution in [2.24, 2.45) is 0 Å². The highest BCUT2D eigenvalue weighted by molar-refractivity contribution is 7.89. The Kier molecular flexibility index (Phi) is 5.91. The molecule has 0 aromatic heterocycles. The molecule has 0 heterocycles. The van der Waals surface area contributed by atoms with Gasteiger partial charge < -0.3 is 0 Å². The molecule has 0 aliphatic carbocycles. The third-order valence-corrected chi connectivity index (χ3v) is 5.23. The molecule has 0 saturated carbocycles. The van der Waals surface area contributed by atoms with E-state index >= 15 is 0 Å². The third kappa shape index (κ3) is 5.23. The van der Waals surface area contributed by atoms with Gasteiger partial charge in [-0.2, -0.15) is 26.3 Å². The molecule has 2 rings (SSSR count). The van der Waals surface area contributed by atoms with Gasteiger partial charge in [0, 0.05) is 6.04 Å². The van der Waals surface area contributed by atoms with Crippen molar-refractivity contribution in [1.29, 1.82) is 0 Å². The first-order valence-corrected chi connectivity index (χ1v) is 9.19. The van der Waals surface area contributed by atoms with Crippen LogP contribution < -0.4 is 4.72 Å². The fourth-order valence-corrected chi connectivity index (χ4v) is 3.79. The maximum Gasteiger partial charge on any atom is 0.416 e. The summed E-state index contributed by atoms with van der Waals surface area (Å²) in [6.07, 6.45) is -10.0. The summed E-state index contributed by atoms with van der Waals surface area (Å²) in [5, 5.41) is 0. The molecule has 1 unspecified atom stereocenters. The second kappa shape index (κ2) is 7.51. The predicted octanol–water partition coefficient (Wildman–Crippen LogP) is 5.15. The van der Waals surface area contributed by atoms with Crippen molar-refractivity contribution >= 4 is 10.0 Å². The Morgan fingerprint density at radius 1 is 0.889 bits per heavy atom. The van der Waals surface area contributed by atoms with Crippen LogP contribution in [-0.4, -0.2) is 8.42 Å². The van der Waals surface area contributed by atoms with E-state index in [1.165, 1.54) is 0 Å². The van der Waals surface area contributed by atoms with Gasteiger partial charge in [-0.05, 0) is 30.2 Å². The number of hydrogen-bond donors (Lipinski definition) is 1. The van der Waals surface area contributed by atoms with Gasteiger partial charge in [0.05, 0.1) is 16.0 Å². The standard InChI is InChI=1S/C17H15F6NO2S/c1-2-15(11-6-4-3-5-7-11)24-27(25,26)14-9-12(16(18,19)20)8-13(10-14)17(21,22)23/h3-10,15,24H,2H2,1H3. The number of hydrogen-bond acceptors (Lipinski definition) is 2. The first-order valence-electron chi connectivity index (χ1n) is 7.71. The number of halogens is 6. The first kappa shape index (κ1) is 21.2. The van der Waals surface area contributed by atoms with E-state index in [0.29, 0.717) is 5.56 Å². The molecule has 1 N–H and O–H groups in total. The topological polar surface area (TPSA) is 46.2 Å². The van der Waals surface area contributed by atoms with E-state index in [9.17, 15) is 34.8 Å². The van der Waals surface area contributed by atoms with Crippen LogP contribution in [0.4, 0.5) is 26.3 Å². The molecule has 0 radical (unpaired) electrons. The van der Waals surface area contributed by atoms with Crippen molar-refractivity contribution in [3.05, 3.63) is 65.2 Å². The summed E-state index contributed by atoms with van der Waals surface area (Å²) in [4.78, 5) is -1.10. The monoisotopic (exact) mass is 411 g/mol. The van der Waals surface area contributed by atoms with Crippen molar-refractivity contribution in [3.63, 3.8) is 0 Å². The van der Waals surface area contributed by atoms with Crippen molar-refractivity contribution in [2.45, 2.75) is 36.6 Å². The molecule has 0 bridgehead atoms. The van der Waals surface area contributed by atoms with Gasteiger partial charge in [0.1, 0.15) is 0 Å². The van der Waals surface area contributed by atoms with Crippen LogP contribution >= 0.6 is 0 Å². The van der Waals surface area contributed by atoms with Gasteiger partial charge in [0.15, 0.2) is 0 Å². The smallest absolute Gasteiger partial charge is 0.207 e. The Labute approximate surface area is 152 Å². The summed E-state index contributed by atoms with van der Waals surface area (Å²) >= 11 is 0. The van der Waals surface area contributed by atoms with Gasteiger partial charge >= 0.3 is 12.4 Å². The van der Waals surface area contributed by atoms with E-state index < -0.39 is 44.4 Å². The minimum absolute atomic E-state index is 0.118. The average Bonchev–Trinajstić information content (AvgIpc) is 2.58. The first-order chi connectivity index (χ1) is 12.3. The molecule has 1 atom stereocenters. The molecule has 27 heavy (non-hydrogen) atoms. The molecule has 10 heteroatoms. The van der Waals surface area contributed by atoms with Crippen LogP contribution in [0.15, 0.2) is 53.4 Å². The van der Waals surface area contributed by atoms with Gasteiger partial charge in [-0.15, -0.1) is 0 Å². The molecule has 3 nitrogen and oxygen atoms in total. The van der Waals surface area contributed by atoms with Crippen LogP contribution in [0.1, 0.15) is 36.1 Å². The van der Waals surface area contributed by atoms with Crippen LogP contribution in [0.2, 0.25) is 0 Å². The molecule has 0 saturated heterocycles. The van der Waals surface area contributed by atoms with Crippen molar-refractivity contribution in [1.82, 2.24) is 4.72 Å². The molecule has 0 fully saturated rings. The molecular formula is C17H15F6NO2S. The lowest BCUT2D eigenvalue weighted by atomic mass is 10.1. The zero-order valence-electron chi connectivity index (χ0n) is 13.9. The van der Waals surface area contributed by atoms with E-state index in [0.717, 1.165) is 0 Å². The van der Waals surface area contributed by atoms with E-state index in [1.807, 2.05) is 0 Å². The Hall–Kier alpha value is -2.07. The molecule has 2 aromatic rings. The second-order valence-electron chi connectivity index (χ2n) is 5.73. The quantitative estimate of drug-likeness (QED) is 0.692. The minimum atomic E-state index is -5.13. The molecule has 148 valence electrons. The van der Waals surface area contributed by atoms with Crippen LogP contribution in [0.3, 0.4) is 0 Å². The molecular weight excluding hydrogens is 396 g/mol. The Balaban J connectivity index is 2.51. The second-order valence-corrected chi connectivity index (χ2v) is 7.45. The predicted molar refractivity (Wildman–Crippen MR) is 86.2 cm³/mol. The minimum Gasteiger partial charge on any atom is -0.207 e. The zero-order chi connectivity index (χ0) is 20.5. The maximum atomic E-state index is 12.9. The van der Waals surface area contributed by atoms with Crippen LogP contribution in [0.25, 0.3) is 0 Å². The summed E-state index contributed by atoms with van der Waals surface area (Å²) in [5.41, 5.74) is -2.84.